The number of hydrogen-bond donors (Lipinski definition) is 0. The van der Waals surface area contributed by atoms with Crippen molar-refractivity contribution in [2.24, 2.45) is 0 Å². The third-order valence-corrected chi connectivity index (χ3v) is 5.48. The molecule has 1 aliphatic rings. The van der Waals surface area contributed by atoms with Crippen molar-refractivity contribution in [2.75, 3.05) is 26.2 Å². The Morgan fingerprint density at radius 1 is 1.05 bits per heavy atom. The monoisotopic (exact) mass is 314 g/mol. The average molecular weight is 314 g/mol. The van der Waals surface area contributed by atoms with Crippen LogP contribution in [0.2, 0.25) is 0 Å². The smallest absolute Gasteiger partial charge is 0.243 e. The van der Waals surface area contributed by atoms with Gasteiger partial charge in [-0.1, -0.05) is 0 Å². The summed E-state index contributed by atoms with van der Waals surface area (Å²) >= 11 is 0. The number of nitrogens with zero attached hydrogens (tertiary/aromatic N) is 2. The van der Waals surface area contributed by atoms with Crippen LogP contribution in [-0.4, -0.2) is 49.7 Å². The number of hydrogen-bond acceptors (Lipinski definition) is 3. The molecule has 1 aromatic carbocycles. The highest BCUT2D eigenvalue weighted by Crippen LogP contribution is 2.18. The lowest BCUT2D eigenvalue weighted by atomic mass is 10.3. The van der Waals surface area contributed by atoms with Crippen molar-refractivity contribution in [3.8, 4) is 0 Å². The minimum absolute atomic E-state index is 0.0184. The quantitative estimate of drug-likeness (QED) is 0.830. The summed E-state index contributed by atoms with van der Waals surface area (Å²) < 4.78 is 39.3. The molecular weight excluding hydrogens is 295 g/mol. The largest absolute Gasteiger partial charge is 0.343 e. The number of sulfonamides is 1. The summed E-state index contributed by atoms with van der Waals surface area (Å²) in [7, 11) is -3.59. The van der Waals surface area contributed by atoms with E-state index in [0.717, 1.165) is 12.1 Å². The lowest BCUT2D eigenvalue weighted by Crippen LogP contribution is -2.41. The molecule has 1 saturated heterocycles. The Kier molecular flexibility index (Phi) is 4.95. The zero-order valence-corrected chi connectivity index (χ0v) is 12.8. The maximum Gasteiger partial charge on any atom is 0.243 e. The van der Waals surface area contributed by atoms with Gasteiger partial charge in [-0.3, -0.25) is 4.79 Å². The molecule has 1 heterocycles. The van der Waals surface area contributed by atoms with Gasteiger partial charge in [0.1, 0.15) is 5.82 Å². The first-order valence-electron chi connectivity index (χ1n) is 6.92. The summed E-state index contributed by atoms with van der Waals surface area (Å²) in [6.07, 6.45) is 1.19. The summed E-state index contributed by atoms with van der Waals surface area (Å²) in [6.45, 7) is 3.37. The van der Waals surface area contributed by atoms with Crippen LogP contribution in [-0.2, 0) is 14.8 Å². The summed E-state index contributed by atoms with van der Waals surface area (Å²) in [6, 6.07) is 4.86. The van der Waals surface area contributed by atoms with Crippen molar-refractivity contribution in [3.63, 3.8) is 0 Å². The van der Waals surface area contributed by atoms with Crippen LogP contribution in [0.25, 0.3) is 0 Å². The second-order valence-electron chi connectivity index (χ2n) is 5.07. The lowest BCUT2D eigenvalue weighted by molar-refractivity contribution is -0.129. The Balaban J connectivity index is 2.11. The van der Waals surface area contributed by atoms with E-state index in [0.29, 0.717) is 39.0 Å². The van der Waals surface area contributed by atoms with Crippen molar-refractivity contribution in [1.29, 1.82) is 0 Å². The van der Waals surface area contributed by atoms with Gasteiger partial charge in [0.25, 0.3) is 0 Å². The van der Waals surface area contributed by atoms with Gasteiger partial charge in [-0.25, -0.2) is 12.8 Å². The van der Waals surface area contributed by atoms with E-state index < -0.39 is 15.8 Å². The van der Waals surface area contributed by atoms with Crippen LogP contribution in [0, 0.1) is 5.82 Å². The number of halogens is 1. The van der Waals surface area contributed by atoms with Crippen LogP contribution < -0.4 is 0 Å². The van der Waals surface area contributed by atoms with E-state index in [4.69, 9.17) is 0 Å². The van der Waals surface area contributed by atoms with Crippen molar-refractivity contribution < 1.29 is 17.6 Å². The highest BCUT2D eigenvalue weighted by Gasteiger charge is 2.26. The molecule has 1 amide bonds. The van der Waals surface area contributed by atoms with Gasteiger partial charge in [-0.15, -0.1) is 0 Å². The van der Waals surface area contributed by atoms with Crippen molar-refractivity contribution in [3.05, 3.63) is 30.1 Å². The minimum Gasteiger partial charge on any atom is -0.343 e. The molecule has 1 aliphatic heterocycles. The van der Waals surface area contributed by atoms with Gasteiger partial charge >= 0.3 is 0 Å². The van der Waals surface area contributed by atoms with E-state index in [1.165, 1.54) is 23.4 Å². The molecule has 0 atom stereocenters. The molecule has 0 saturated carbocycles. The SMILES string of the molecule is CC(=O)N1CCCN(S(=O)(=O)c2ccc(F)cc2)CCC1. The van der Waals surface area contributed by atoms with Crippen LogP contribution in [0.15, 0.2) is 29.2 Å². The van der Waals surface area contributed by atoms with Crippen LogP contribution in [0.1, 0.15) is 19.8 Å². The van der Waals surface area contributed by atoms with E-state index in [2.05, 4.69) is 0 Å². The van der Waals surface area contributed by atoms with Gasteiger partial charge in [-0.2, -0.15) is 4.31 Å². The molecule has 1 aromatic rings. The topological polar surface area (TPSA) is 57.7 Å². The lowest BCUT2D eigenvalue weighted by Gasteiger charge is -2.29. The fraction of sp³-hybridized carbons (Fsp3) is 0.500. The summed E-state index contributed by atoms with van der Waals surface area (Å²) in [5.41, 5.74) is 0. The average Bonchev–Trinajstić information content (AvgIpc) is 2.38. The highest BCUT2D eigenvalue weighted by molar-refractivity contribution is 7.89. The first kappa shape index (κ1) is 15.9. The van der Waals surface area contributed by atoms with Gasteiger partial charge in [0.15, 0.2) is 0 Å². The molecule has 21 heavy (non-hydrogen) atoms. The Bertz CT molecular complexity index is 591. The van der Waals surface area contributed by atoms with E-state index in [9.17, 15) is 17.6 Å². The standard InChI is InChI=1S/C14H19FN2O3S/c1-12(18)16-8-2-10-17(11-3-9-16)21(19,20)14-6-4-13(15)5-7-14/h4-7H,2-3,8-11H2,1H3. The summed E-state index contributed by atoms with van der Waals surface area (Å²) in [5.74, 6) is -0.441. The fourth-order valence-electron chi connectivity index (χ4n) is 2.41. The predicted octanol–water partition coefficient (Wildman–Crippen LogP) is 1.46. The van der Waals surface area contributed by atoms with Gasteiger partial charge in [0.2, 0.25) is 15.9 Å². The zero-order chi connectivity index (χ0) is 15.5. The van der Waals surface area contributed by atoms with Crippen LogP contribution in [0.5, 0.6) is 0 Å². The Labute approximate surface area is 124 Å². The maximum absolute atomic E-state index is 12.9. The maximum atomic E-state index is 12.9. The number of carbonyl (C=O) groups excluding carboxylic acids is 1. The minimum atomic E-state index is -3.59. The molecule has 0 aromatic heterocycles. The third-order valence-electron chi connectivity index (χ3n) is 3.57. The zero-order valence-electron chi connectivity index (χ0n) is 12.0. The van der Waals surface area contributed by atoms with Gasteiger partial charge in [-0.05, 0) is 37.1 Å². The second-order valence-corrected chi connectivity index (χ2v) is 7.01. The first-order valence-corrected chi connectivity index (χ1v) is 8.36. The van der Waals surface area contributed by atoms with Gasteiger partial charge < -0.3 is 4.90 Å². The van der Waals surface area contributed by atoms with Crippen LogP contribution >= 0.6 is 0 Å². The molecular formula is C14H19FN2O3S. The summed E-state index contributed by atoms with van der Waals surface area (Å²) in [5, 5.41) is 0. The number of rotatable bonds is 2. The van der Waals surface area contributed by atoms with Gasteiger partial charge in [0, 0.05) is 33.1 Å². The Morgan fingerprint density at radius 3 is 2.05 bits per heavy atom. The molecule has 0 aliphatic carbocycles. The fourth-order valence-corrected chi connectivity index (χ4v) is 3.93. The Morgan fingerprint density at radius 2 is 1.57 bits per heavy atom. The molecule has 0 unspecified atom stereocenters. The molecule has 1 fully saturated rings. The van der Waals surface area contributed by atoms with E-state index in [1.807, 2.05) is 0 Å². The highest BCUT2D eigenvalue weighted by atomic mass is 32.2. The molecule has 7 heteroatoms. The molecule has 0 N–H and O–H groups in total. The Hall–Kier alpha value is -1.47. The van der Waals surface area contributed by atoms with E-state index in [1.54, 1.807) is 4.90 Å². The molecule has 2 rings (SSSR count). The first-order chi connectivity index (χ1) is 9.91. The molecule has 5 nitrogen and oxygen atoms in total. The summed E-state index contributed by atoms with van der Waals surface area (Å²) in [4.78, 5) is 13.2. The van der Waals surface area contributed by atoms with Gasteiger partial charge in [0.05, 0.1) is 4.90 Å². The van der Waals surface area contributed by atoms with Crippen molar-refractivity contribution >= 4 is 15.9 Å². The number of benzene rings is 1. The van der Waals surface area contributed by atoms with Crippen molar-refractivity contribution in [2.45, 2.75) is 24.7 Å². The van der Waals surface area contributed by atoms with Crippen LogP contribution in [0.3, 0.4) is 0 Å². The molecule has 0 radical (unpaired) electrons. The van der Waals surface area contributed by atoms with Crippen molar-refractivity contribution in [1.82, 2.24) is 9.21 Å². The second kappa shape index (κ2) is 6.53. The molecule has 0 spiro atoms. The van der Waals surface area contributed by atoms with E-state index in [-0.39, 0.29) is 10.8 Å². The number of carbonyl (C=O) groups is 1. The molecule has 116 valence electrons. The van der Waals surface area contributed by atoms with E-state index >= 15 is 0 Å². The predicted molar refractivity (Wildman–Crippen MR) is 76.6 cm³/mol. The molecule has 0 bridgehead atoms. The van der Waals surface area contributed by atoms with Crippen LogP contribution in [0.4, 0.5) is 4.39 Å². The third kappa shape index (κ3) is 3.79. The number of amides is 1. The normalized spacial score (nSPS) is 18.1.